The summed E-state index contributed by atoms with van der Waals surface area (Å²) in [5, 5.41) is 10.2. The number of carbonyl (C=O) groups excluding carboxylic acids is 2. The second-order valence-corrected chi connectivity index (χ2v) is 5.24. The molecule has 0 aliphatic heterocycles. The molecule has 1 amide bonds. The second kappa shape index (κ2) is 6.51. The number of anilines is 1. The number of hydrogen-bond acceptors (Lipinski definition) is 7. The van der Waals surface area contributed by atoms with Crippen LogP contribution in [0, 0.1) is 6.92 Å². The van der Waals surface area contributed by atoms with Crippen LogP contribution in [0.25, 0.3) is 5.65 Å². The van der Waals surface area contributed by atoms with Gasteiger partial charge in [0.15, 0.2) is 11.3 Å². The number of carbonyl (C=O) groups is 2. The van der Waals surface area contributed by atoms with Crippen LogP contribution in [-0.4, -0.2) is 36.8 Å². The Morgan fingerprint density at radius 1 is 1.40 bits per heavy atom. The molecule has 1 aromatic carbocycles. The Kier molecular flexibility index (Phi) is 4.25. The van der Waals surface area contributed by atoms with Gasteiger partial charge in [0.2, 0.25) is 0 Å². The predicted octanol–water partition coefficient (Wildman–Crippen LogP) is 0.0567. The summed E-state index contributed by atoms with van der Waals surface area (Å²) in [6, 6.07) is 5.27. The van der Waals surface area contributed by atoms with Gasteiger partial charge in [-0.3, -0.25) is 9.59 Å². The van der Waals surface area contributed by atoms with E-state index in [0.29, 0.717) is 17.7 Å². The SMILES string of the molecule is Cc1cccc(NC(=O)c2ncn3c(=O)n(C)nnc23)c1COC=O. The van der Waals surface area contributed by atoms with Crippen molar-refractivity contribution in [1.82, 2.24) is 24.4 Å². The highest BCUT2D eigenvalue weighted by atomic mass is 16.5. The van der Waals surface area contributed by atoms with Crippen molar-refractivity contribution >= 4 is 23.7 Å². The van der Waals surface area contributed by atoms with Gasteiger partial charge in [0, 0.05) is 18.3 Å². The van der Waals surface area contributed by atoms with Crippen LogP contribution in [0.15, 0.2) is 29.3 Å². The minimum Gasteiger partial charge on any atom is -0.463 e. The molecule has 25 heavy (non-hydrogen) atoms. The van der Waals surface area contributed by atoms with E-state index in [2.05, 4.69) is 20.6 Å². The molecule has 3 aromatic rings. The van der Waals surface area contributed by atoms with Crippen LogP contribution in [0.1, 0.15) is 21.6 Å². The number of benzene rings is 1. The Balaban J connectivity index is 1.96. The van der Waals surface area contributed by atoms with Crippen molar-refractivity contribution in [2.24, 2.45) is 7.05 Å². The van der Waals surface area contributed by atoms with E-state index in [4.69, 9.17) is 4.74 Å². The second-order valence-electron chi connectivity index (χ2n) is 5.24. The Bertz CT molecular complexity index is 1020. The van der Waals surface area contributed by atoms with E-state index < -0.39 is 11.6 Å². The number of rotatable bonds is 5. The van der Waals surface area contributed by atoms with Gasteiger partial charge in [-0.05, 0) is 18.6 Å². The lowest BCUT2D eigenvalue weighted by atomic mass is 10.1. The van der Waals surface area contributed by atoms with E-state index in [9.17, 15) is 14.4 Å². The number of imidazole rings is 1. The Morgan fingerprint density at radius 3 is 2.96 bits per heavy atom. The molecule has 10 heteroatoms. The summed E-state index contributed by atoms with van der Waals surface area (Å²) in [7, 11) is 1.45. The third kappa shape index (κ3) is 2.96. The molecule has 128 valence electrons. The van der Waals surface area contributed by atoms with Gasteiger partial charge in [-0.15, -0.1) is 5.10 Å². The van der Waals surface area contributed by atoms with E-state index in [1.54, 1.807) is 12.1 Å². The summed E-state index contributed by atoms with van der Waals surface area (Å²) in [5.41, 5.74) is 1.54. The molecule has 3 rings (SSSR count). The lowest BCUT2D eigenvalue weighted by Gasteiger charge is -2.12. The van der Waals surface area contributed by atoms with Gasteiger partial charge in [-0.1, -0.05) is 17.3 Å². The molecule has 0 fully saturated rings. The van der Waals surface area contributed by atoms with Gasteiger partial charge in [0.1, 0.15) is 12.9 Å². The zero-order valence-corrected chi connectivity index (χ0v) is 13.5. The number of aromatic nitrogens is 5. The Hall–Kier alpha value is -3.56. The van der Waals surface area contributed by atoms with Crippen molar-refractivity contribution in [3.63, 3.8) is 0 Å². The highest BCUT2D eigenvalue weighted by Crippen LogP contribution is 2.21. The lowest BCUT2D eigenvalue weighted by Crippen LogP contribution is -2.27. The first-order valence-corrected chi connectivity index (χ1v) is 7.25. The zero-order chi connectivity index (χ0) is 18.0. The zero-order valence-electron chi connectivity index (χ0n) is 13.5. The minimum atomic E-state index is -0.553. The number of amides is 1. The molecule has 0 spiro atoms. The average molecular weight is 342 g/mol. The first kappa shape index (κ1) is 16.3. The van der Waals surface area contributed by atoms with E-state index in [1.165, 1.54) is 13.4 Å². The first-order valence-electron chi connectivity index (χ1n) is 7.25. The lowest BCUT2D eigenvalue weighted by molar-refractivity contribution is -0.129. The topological polar surface area (TPSA) is 120 Å². The summed E-state index contributed by atoms with van der Waals surface area (Å²) in [6.45, 7) is 2.20. The van der Waals surface area contributed by atoms with Gasteiger partial charge in [0.05, 0.1) is 0 Å². The van der Waals surface area contributed by atoms with E-state index >= 15 is 0 Å². The molecule has 0 saturated heterocycles. The van der Waals surface area contributed by atoms with Crippen LogP contribution < -0.4 is 11.0 Å². The Labute approximate surface area is 141 Å². The van der Waals surface area contributed by atoms with Crippen molar-refractivity contribution in [2.45, 2.75) is 13.5 Å². The van der Waals surface area contributed by atoms with Crippen LogP contribution in [-0.2, 0) is 23.2 Å². The van der Waals surface area contributed by atoms with Crippen molar-refractivity contribution in [2.75, 3.05) is 5.32 Å². The molecule has 0 aliphatic carbocycles. The van der Waals surface area contributed by atoms with Crippen molar-refractivity contribution < 1.29 is 14.3 Å². The molecule has 2 aromatic heterocycles. The number of nitrogens with zero attached hydrogens (tertiary/aromatic N) is 5. The molecule has 0 aliphatic rings. The smallest absolute Gasteiger partial charge is 0.352 e. The summed E-state index contributed by atoms with van der Waals surface area (Å²) in [5.74, 6) is -0.553. The van der Waals surface area contributed by atoms with Gasteiger partial charge >= 0.3 is 5.69 Å². The van der Waals surface area contributed by atoms with Crippen molar-refractivity contribution in [1.29, 1.82) is 0 Å². The third-order valence-electron chi connectivity index (χ3n) is 3.67. The quantitative estimate of drug-likeness (QED) is 0.651. The molecule has 0 atom stereocenters. The van der Waals surface area contributed by atoms with Crippen LogP contribution in [0.4, 0.5) is 5.69 Å². The first-order chi connectivity index (χ1) is 12.0. The number of hydrogen-bond donors (Lipinski definition) is 1. The molecule has 1 N–H and O–H groups in total. The Morgan fingerprint density at radius 2 is 2.20 bits per heavy atom. The molecule has 0 saturated carbocycles. The van der Waals surface area contributed by atoms with E-state index in [0.717, 1.165) is 14.6 Å². The molecule has 0 unspecified atom stereocenters. The molecule has 0 bridgehead atoms. The van der Waals surface area contributed by atoms with Crippen LogP contribution in [0.3, 0.4) is 0 Å². The van der Waals surface area contributed by atoms with Crippen LogP contribution >= 0.6 is 0 Å². The highest BCUT2D eigenvalue weighted by molar-refractivity contribution is 6.07. The molecular weight excluding hydrogens is 328 g/mol. The number of fused-ring (bicyclic) bond motifs is 1. The number of ether oxygens (including phenoxy) is 1. The standard InChI is InChI=1S/C15H14N6O4/c1-9-4-3-5-11(10(9)6-25-8-22)17-14(23)12-13-18-19-20(2)15(24)21(13)7-16-12/h3-5,7-8H,6H2,1-2H3,(H,17,23). The maximum atomic E-state index is 12.5. The van der Waals surface area contributed by atoms with E-state index in [1.807, 2.05) is 13.0 Å². The average Bonchev–Trinajstić information content (AvgIpc) is 3.02. The van der Waals surface area contributed by atoms with Crippen LogP contribution in [0.2, 0.25) is 0 Å². The van der Waals surface area contributed by atoms with Gasteiger partial charge in [0.25, 0.3) is 12.4 Å². The fourth-order valence-electron chi connectivity index (χ4n) is 2.35. The third-order valence-corrected chi connectivity index (χ3v) is 3.67. The maximum Gasteiger partial charge on any atom is 0.352 e. The predicted molar refractivity (Wildman–Crippen MR) is 86.0 cm³/mol. The highest BCUT2D eigenvalue weighted by Gasteiger charge is 2.19. The van der Waals surface area contributed by atoms with Gasteiger partial charge < -0.3 is 10.1 Å². The maximum absolute atomic E-state index is 12.5. The summed E-state index contributed by atoms with van der Waals surface area (Å²) >= 11 is 0. The van der Waals surface area contributed by atoms with Crippen molar-refractivity contribution in [3.8, 4) is 0 Å². The van der Waals surface area contributed by atoms with Crippen molar-refractivity contribution in [3.05, 3.63) is 51.8 Å². The molecular formula is C15H14N6O4. The fourth-order valence-corrected chi connectivity index (χ4v) is 2.35. The largest absolute Gasteiger partial charge is 0.463 e. The minimum absolute atomic E-state index is 0.0239. The molecule has 10 nitrogen and oxygen atoms in total. The van der Waals surface area contributed by atoms with E-state index in [-0.39, 0.29) is 17.9 Å². The van der Waals surface area contributed by atoms with Crippen LogP contribution in [0.5, 0.6) is 0 Å². The summed E-state index contributed by atoms with van der Waals surface area (Å²) < 4.78 is 6.96. The monoisotopic (exact) mass is 342 g/mol. The molecule has 2 heterocycles. The number of aryl methyl sites for hydroxylation is 2. The summed E-state index contributed by atoms with van der Waals surface area (Å²) in [6.07, 6.45) is 1.22. The van der Waals surface area contributed by atoms with Gasteiger partial charge in [-0.2, -0.15) is 4.68 Å². The number of nitrogens with one attached hydrogen (secondary N) is 1. The fraction of sp³-hybridized carbons (Fsp3) is 0.200. The summed E-state index contributed by atoms with van der Waals surface area (Å²) in [4.78, 5) is 38.9. The molecule has 0 radical (unpaired) electrons. The van der Waals surface area contributed by atoms with Gasteiger partial charge in [-0.25, -0.2) is 14.2 Å². The normalized spacial score (nSPS) is 10.6.